The normalized spacial score (nSPS) is 29.7. The van der Waals surface area contributed by atoms with E-state index < -0.39 is 5.60 Å². The van der Waals surface area contributed by atoms with Crippen LogP contribution in [0.2, 0.25) is 0 Å². The Balaban J connectivity index is 1.24. The van der Waals surface area contributed by atoms with Gasteiger partial charge in [-0.25, -0.2) is 14.8 Å². The topological polar surface area (TPSA) is 88.1 Å². The van der Waals surface area contributed by atoms with Crippen LogP contribution in [-0.4, -0.2) is 95.4 Å². The van der Waals surface area contributed by atoms with Gasteiger partial charge in [-0.2, -0.15) is 0 Å². The van der Waals surface area contributed by atoms with E-state index >= 15 is 0 Å². The van der Waals surface area contributed by atoms with Crippen LogP contribution in [0.5, 0.6) is 0 Å². The van der Waals surface area contributed by atoms with Gasteiger partial charge in [0.2, 0.25) is 5.95 Å². The van der Waals surface area contributed by atoms with E-state index in [4.69, 9.17) is 0 Å². The Kier molecular flexibility index (Phi) is 6.56. The summed E-state index contributed by atoms with van der Waals surface area (Å²) in [7, 11) is 4.18. The number of aliphatic hydroxyl groups is 1. The number of nitrogens with one attached hydrogen (secondary N) is 1. The van der Waals surface area contributed by atoms with Crippen molar-refractivity contribution >= 4 is 17.7 Å². The molecule has 9 nitrogen and oxygen atoms in total. The summed E-state index contributed by atoms with van der Waals surface area (Å²) >= 11 is 0. The molecule has 4 aliphatic rings. The minimum absolute atomic E-state index is 0.0297. The molecular weight excluding hydrogens is 478 g/mol. The molecular formula is C29H41N7O2. The monoisotopic (exact) mass is 519 g/mol. The summed E-state index contributed by atoms with van der Waals surface area (Å²) in [6, 6.07) is 10.6. The Bertz CT molecular complexity index is 1120. The van der Waals surface area contributed by atoms with Crippen LogP contribution in [0.25, 0.3) is 0 Å². The zero-order valence-electron chi connectivity index (χ0n) is 22.8. The highest BCUT2D eigenvalue weighted by Crippen LogP contribution is 2.48. The maximum Gasteiger partial charge on any atom is 0.325 e. The number of hydrogen-bond donors (Lipinski definition) is 2. The van der Waals surface area contributed by atoms with Gasteiger partial charge in [-0.05, 0) is 64.6 Å². The fourth-order valence-corrected chi connectivity index (χ4v) is 6.90. The molecule has 3 heterocycles. The molecule has 2 aromatic rings. The van der Waals surface area contributed by atoms with Crippen molar-refractivity contribution in [1.82, 2.24) is 25.1 Å². The van der Waals surface area contributed by atoms with Crippen molar-refractivity contribution in [2.75, 3.05) is 63.2 Å². The summed E-state index contributed by atoms with van der Waals surface area (Å²) < 4.78 is 0. The Morgan fingerprint density at radius 2 is 1.61 bits per heavy atom. The molecule has 204 valence electrons. The molecule has 38 heavy (non-hydrogen) atoms. The van der Waals surface area contributed by atoms with Gasteiger partial charge in [0.1, 0.15) is 0 Å². The highest BCUT2D eigenvalue weighted by Gasteiger charge is 2.56. The Morgan fingerprint density at radius 3 is 2.18 bits per heavy atom. The molecule has 0 atom stereocenters. The third kappa shape index (κ3) is 4.44. The summed E-state index contributed by atoms with van der Waals surface area (Å²) in [5.41, 5.74) is 0.861. The first kappa shape index (κ1) is 25.5. The number of rotatable bonds is 6. The smallest absolute Gasteiger partial charge is 0.325 e. The molecule has 2 aliphatic heterocycles. The van der Waals surface area contributed by atoms with E-state index in [1.807, 2.05) is 16.8 Å². The maximum absolute atomic E-state index is 14.0. The average molecular weight is 520 g/mol. The maximum atomic E-state index is 14.0. The van der Waals surface area contributed by atoms with Crippen molar-refractivity contribution < 1.29 is 9.90 Å². The minimum atomic E-state index is -0.766. The SMILES string of the molecule is CN[C@]1(c2ccccc2)CC[C@]2(CC1)CN(c1cnc(N3CCN(C)CC3)nc1)C(=O)N2CC1(O)CCC1. The van der Waals surface area contributed by atoms with Crippen molar-refractivity contribution in [2.24, 2.45) is 0 Å². The predicted octanol–water partition coefficient (Wildman–Crippen LogP) is 2.81. The van der Waals surface area contributed by atoms with E-state index in [1.54, 1.807) is 12.4 Å². The van der Waals surface area contributed by atoms with Crippen molar-refractivity contribution in [2.45, 2.75) is 61.6 Å². The van der Waals surface area contributed by atoms with E-state index in [0.29, 0.717) is 13.1 Å². The third-order valence-electron chi connectivity index (χ3n) is 9.79. The highest BCUT2D eigenvalue weighted by atomic mass is 16.3. The van der Waals surface area contributed by atoms with Crippen LogP contribution in [0.4, 0.5) is 16.4 Å². The highest BCUT2D eigenvalue weighted by molar-refractivity contribution is 5.95. The number of β-amino-alcohol motifs (C(OH)–C–C–N with tert-alkyl or cyclic N) is 1. The van der Waals surface area contributed by atoms with Crippen molar-refractivity contribution in [3.8, 4) is 0 Å². The fourth-order valence-electron chi connectivity index (χ4n) is 6.90. The summed E-state index contributed by atoms with van der Waals surface area (Å²) in [6.07, 6.45) is 9.78. The number of anilines is 2. The number of carbonyl (C=O) groups excluding carboxylic acids is 1. The zero-order chi connectivity index (χ0) is 26.4. The lowest BCUT2D eigenvalue weighted by Crippen LogP contribution is -2.59. The van der Waals surface area contributed by atoms with Crippen LogP contribution in [0, 0.1) is 0 Å². The van der Waals surface area contributed by atoms with E-state index in [1.165, 1.54) is 5.56 Å². The minimum Gasteiger partial charge on any atom is -0.388 e. The van der Waals surface area contributed by atoms with Crippen LogP contribution in [0.1, 0.15) is 50.5 Å². The number of carbonyl (C=O) groups is 1. The molecule has 2 amide bonds. The Hall–Kier alpha value is -2.75. The average Bonchev–Trinajstić information content (AvgIpc) is 3.20. The number of aromatic nitrogens is 2. The first-order valence-corrected chi connectivity index (χ1v) is 14.2. The molecule has 6 rings (SSSR count). The number of urea groups is 1. The summed E-state index contributed by atoms with van der Waals surface area (Å²) in [5.74, 6) is 0.725. The molecule has 0 radical (unpaired) electrons. The van der Waals surface area contributed by atoms with Crippen molar-refractivity contribution in [3.63, 3.8) is 0 Å². The van der Waals surface area contributed by atoms with Gasteiger partial charge in [0.05, 0.1) is 42.3 Å². The van der Waals surface area contributed by atoms with Gasteiger partial charge in [0.15, 0.2) is 0 Å². The summed E-state index contributed by atoms with van der Waals surface area (Å²) in [5, 5.41) is 14.8. The lowest BCUT2D eigenvalue weighted by atomic mass is 9.68. The van der Waals surface area contributed by atoms with Crippen molar-refractivity contribution in [3.05, 3.63) is 48.3 Å². The number of hydrogen-bond acceptors (Lipinski definition) is 7. The standard InChI is InChI=1S/C29H41N7O2/c1-30-29(23-7-4-3-5-8-23)13-11-27(12-14-29)21-35(26(37)36(27)22-28(38)9-6-10-28)24-19-31-25(32-20-24)34-17-15-33(2)16-18-34/h3-5,7-8,19-20,30,38H,6,9-18,21-22H2,1-2H3/t27-,29+. The molecule has 0 unspecified atom stereocenters. The van der Waals surface area contributed by atoms with Crippen LogP contribution in [-0.2, 0) is 5.54 Å². The first-order valence-electron chi connectivity index (χ1n) is 14.2. The van der Waals surface area contributed by atoms with Gasteiger partial charge in [0, 0.05) is 31.7 Å². The molecule has 0 bridgehead atoms. The number of amides is 2. The van der Waals surface area contributed by atoms with Gasteiger partial charge in [-0.15, -0.1) is 0 Å². The molecule has 9 heteroatoms. The number of piperazine rings is 1. The number of likely N-dealkylation sites (N-methyl/N-ethyl adjacent to an activating group) is 1. The molecule has 2 saturated carbocycles. The summed E-state index contributed by atoms with van der Waals surface area (Å²) in [4.78, 5) is 31.7. The van der Waals surface area contributed by atoms with E-state index in [0.717, 1.165) is 82.8 Å². The second-order valence-corrected chi connectivity index (χ2v) is 12.0. The quantitative estimate of drug-likeness (QED) is 0.607. The van der Waals surface area contributed by atoms with E-state index in [9.17, 15) is 9.90 Å². The first-order chi connectivity index (χ1) is 18.4. The Labute approximate surface area is 225 Å². The third-order valence-corrected chi connectivity index (χ3v) is 9.79. The second-order valence-electron chi connectivity index (χ2n) is 12.0. The van der Waals surface area contributed by atoms with Crippen LogP contribution in [0.3, 0.4) is 0 Å². The van der Waals surface area contributed by atoms with Gasteiger partial charge < -0.3 is 25.1 Å². The molecule has 2 N–H and O–H groups in total. The fraction of sp³-hybridized carbons (Fsp3) is 0.621. The largest absolute Gasteiger partial charge is 0.388 e. The molecule has 1 spiro atoms. The molecule has 2 saturated heterocycles. The second kappa shape index (κ2) is 9.77. The van der Waals surface area contributed by atoms with Gasteiger partial charge >= 0.3 is 6.03 Å². The summed E-state index contributed by atoms with van der Waals surface area (Å²) in [6.45, 7) is 4.81. The van der Waals surface area contributed by atoms with Gasteiger partial charge in [-0.3, -0.25) is 4.90 Å². The lowest BCUT2D eigenvalue weighted by molar-refractivity contribution is -0.0690. The number of benzene rings is 1. The molecule has 1 aromatic heterocycles. The number of nitrogens with zero attached hydrogens (tertiary/aromatic N) is 6. The molecule has 4 fully saturated rings. The zero-order valence-corrected chi connectivity index (χ0v) is 22.8. The van der Waals surface area contributed by atoms with Gasteiger partial charge in [-0.1, -0.05) is 30.3 Å². The predicted molar refractivity (Wildman–Crippen MR) is 148 cm³/mol. The van der Waals surface area contributed by atoms with Gasteiger partial charge in [0.25, 0.3) is 0 Å². The van der Waals surface area contributed by atoms with Crippen molar-refractivity contribution in [1.29, 1.82) is 0 Å². The Morgan fingerprint density at radius 1 is 0.947 bits per heavy atom. The molecule has 1 aromatic carbocycles. The van der Waals surface area contributed by atoms with Crippen LogP contribution < -0.4 is 15.1 Å². The van der Waals surface area contributed by atoms with E-state index in [-0.39, 0.29) is 17.1 Å². The van der Waals surface area contributed by atoms with E-state index in [2.05, 4.69) is 62.5 Å². The lowest BCUT2D eigenvalue weighted by Gasteiger charge is -2.50. The van der Waals surface area contributed by atoms with Crippen LogP contribution in [0.15, 0.2) is 42.7 Å². The molecule has 2 aliphatic carbocycles. The van der Waals surface area contributed by atoms with Crippen LogP contribution >= 0.6 is 0 Å².